The molecule has 0 aromatic heterocycles. The minimum Gasteiger partial charge on any atom is -0.300 e. The Morgan fingerprint density at radius 1 is 1.42 bits per heavy atom. The minimum absolute atomic E-state index is 0.378. The predicted molar refractivity (Wildman–Crippen MR) is 53.1 cm³/mol. The molecule has 0 aliphatic heterocycles. The third-order valence-corrected chi connectivity index (χ3v) is 1.74. The molecule has 0 aromatic rings. The molecule has 0 aliphatic carbocycles. The lowest BCUT2D eigenvalue weighted by molar-refractivity contribution is -0.118. The molecule has 0 aromatic carbocycles. The van der Waals surface area contributed by atoms with Crippen molar-refractivity contribution in [2.75, 3.05) is 0 Å². The molecule has 0 atom stereocenters. The lowest BCUT2D eigenvalue weighted by Gasteiger charge is -1.95. The van der Waals surface area contributed by atoms with Crippen molar-refractivity contribution in [2.24, 2.45) is 0 Å². The maximum atomic E-state index is 10.9. The number of carbonyl (C=O) groups excluding carboxylic acids is 1. The van der Waals surface area contributed by atoms with Gasteiger partial charge in [-0.2, -0.15) is 0 Å². The first-order valence-corrected chi connectivity index (χ1v) is 4.60. The summed E-state index contributed by atoms with van der Waals surface area (Å²) in [6, 6.07) is 0. The third-order valence-electron chi connectivity index (χ3n) is 1.74. The molecule has 0 fully saturated rings. The standard InChI is InChI=1S/C11H18O/c1-3-5-6-7-8-9-10-11(12)4-2/h3,5-6H,1,4,7-10H2,2H3. The number of unbranched alkanes of at least 4 members (excludes halogenated alkanes) is 2. The first kappa shape index (κ1) is 11.2. The van der Waals surface area contributed by atoms with Crippen LogP contribution >= 0.6 is 0 Å². The van der Waals surface area contributed by atoms with Crippen LogP contribution in [0.2, 0.25) is 0 Å². The second kappa shape index (κ2) is 8.25. The second-order valence-electron chi connectivity index (χ2n) is 2.80. The molecule has 0 rings (SSSR count). The van der Waals surface area contributed by atoms with Gasteiger partial charge in [-0.05, 0) is 19.3 Å². The van der Waals surface area contributed by atoms with Crippen LogP contribution in [0.1, 0.15) is 39.0 Å². The highest BCUT2D eigenvalue weighted by molar-refractivity contribution is 5.77. The maximum Gasteiger partial charge on any atom is 0.132 e. The highest BCUT2D eigenvalue weighted by Crippen LogP contribution is 2.02. The summed E-state index contributed by atoms with van der Waals surface area (Å²) in [5, 5.41) is 0. The van der Waals surface area contributed by atoms with Gasteiger partial charge in [-0.25, -0.2) is 0 Å². The topological polar surface area (TPSA) is 17.1 Å². The van der Waals surface area contributed by atoms with Crippen molar-refractivity contribution in [3.05, 3.63) is 24.8 Å². The van der Waals surface area contributed by atoms with Crippen molar-refractivity contribution in [1.29, 1.82) is 0 Å². The maximum absolute atomic E-state index is 10.9. The van der Waals surface area contributed by atoms with E-state index in [1.807, 2.05) is 13.0 Å². The molecule has 0 heterocycles. The van der Waals surface area contributed by atoms with Gasteiger partial charge in [0.25, 0.3) is 0 Å². The van der Waals surface area contributed by atoms with Crippen molar-refractivity contribution in [2.45, 2.75) is 39.0 Å². The molecule has 0 radical (unpaired) electrons. The van der Waals surface area contributed by atoms with E-state index in [9.17, 15) is 4.79 Å². The Balaban J connectivity index is 3.15. The van der Waals surface area contributed by atoms with Crippen LogP contribution in [0, 0.1) is 0 Å². The van der Waals surface area contributed by atoms with Crippen LogP contribution in [0.5, 0.6) is 0 Å². The van der Waals surface area contributed by atoms with E-state index < -0.39 is 0 Å². The van der Waals surface area contributed by atoms with Crippen molar-refractivity contribution in [3.8, 4) is 0 Å². The molecule has 68 valence electrons. The summed E-state index contributed by atoms with van der Waals surface area (Å²) in [5.74, 6) is 0.378. The molecule has 1 nitrogen and oxygen atoms in total. The average molecular weight is 166 g/mol. The predicted octanol–water partition coefficient (Wildman–Crippen LogP) is 3.27. The van der Waals surface area contributed by atoms with Crippen LogP contribution in [0.15, 0.2) is 24.8 Å². The number of hydrogen-bond donors (Lipinski definition) is 0. The van der Waals surface area contributed by atoms with Crippen LogP contribution in [0.25, 0.3) is 0 Å². The average Bonchev–Trinajstić information content (AvgIpc) is 2.10. The lowest BCUT2D eigenvalue weighted by Crippen LogP contribution is -1.93. The van der Waals surface area contributed by atoms with Gasteiger partial charge in [0, 0.05) is 12.8 Å². The summed E-state index contributed by atoms with van der Waals surface area (Å²) in [6.45, 7) is 5.50. The van der Waals surface area contributed by atoms with Crippen molar-refractivity contribution < 1.29 is 4.79 Å². The van der Waals surface area contributed by atoms with Crippen molar-refractivity contribution in [1.82, 2.24) is 0 Å². The fourth-order valence-corrected chi connectivity index (χ4v) is 0.954. The fourth-order valence-electron chi connectivity index (χ4n) is 0.954. The Morgan fingerprint density at radius 2 is 2.17 bits per heavy atom. The largest absolute Gasteiger partial charge is 0.300 e. The van der Waals surface area contributed by atoms with Gasteiger partial charge in [0.1, 0.15) is 5.78 Å². The summed E-state index contributed by atoms with van der Waals surface area (Å²) >= 11 is 0. The second-order valence-corrected chi connectivity index (χ2v) is 2.80. The number of ketones is 1. The number of allylic oxidation sites excluding steroid dienone is 3. The van der Waals surface area contributed by atoms with E-state index in [1.165, 1.54) is 0 Å². The van der Waals surface area contributed by atoms with Crippen molar-refractivity contribution in [3.63, 3.8) is 0 Å². The Hall–Kier alpha value is -0.850. The Morgan fingerprint density at radius 3 is 2.75 bits per heavy atom. The van der Waals surface area contributed by atoms with Gasteiger partial charge in [-0.1, -0.05) is 31.7 Å². The van der Waals surface area contributed by atoms with Crippen LogP contribution in [-0.4, -0.2) is 5.78 Å². The van der Waals surface area contributed by atoms with Crippen LogP contribution in [-0.2, 0) is 4.79 Å². The summed E-state index contributed by atoms with van der Waals surface area (Å²) < 4.78 is 0. The van der Waals surface area contributed by atoms with E-state index in [2.05, 4.69) is 12.7 Å². The zero-order chi connectivity index (χ0) is 9.23. The number of Topliss-reactive ketones (excluding diaryl/α,β-unsaturated/α-hetero) is 1. The summed E-state index contributed by atoms with van der Waals surface area (Å²) in [4.78, 5) is 10.9. The van der Waals surface area contributed by atoms with E-state index >= 15 is 0 Å². The summed E-state index contributed by atoms with van der Waals surface area (Å²) in [7, 11) is 0. The van der Waals surface area contributed by atoms with Gasteiger partial charge in [0.15, 0.2) is 0 Å². The third kappa shape index (κ3) is 7.26. The van der Waals surface area contributed by atoms with Gasteiger partial charge in [-0.3, -0.25) is 4.79 Å². The Kier molecular flexibility index (Phi) is 7.66. The zero-order valence-electron chi connectivity index (χ0n) is 7.88. The van der Waals surface area contributed by atoms with Gasteiger partial charge in [0.05, 0.1) is 0 Å². The lowest BCUT2D eigenvalue weighted by atomic mass is 10.1. The van der Waals surface area contributed by atoms with Gasteiger partial charge < -0.3 is 0 Å². The molecule has 12 heavy (non-hydrogen) atoms. The molecule has 0 saturated carbocycles. The first-order chi connectivity index (χ1) is 5.81. The molecule has 0 bridgehead atoms. The smallest absolute Gasteiger partial charge is 0.132 e. The SMILES string of the molecule is C=CC=CCCCCC(=O)CC. The molecule has 0 aliphatic rings. The molecule has 1 heteroatoms. The number of hydrogen-bond acceptors (Lipinski definition) is 1. The monoisotopic (exact) mass is 166 g/mol. The molecule has 0 N–H and O–H groups in total. The quantitative estimate of drug-likeness (QED) is 0.419. The van der Waals surface area contributed by atoms with Gasteiger partial charge in [-0.15, -0.1) is 0 Å². The normalized spacial score (nSPS) is 10.4. The van der Waals surface area contributed by atoms with E-state index in [0.717, 1.165) is 25.7 Å². The molecular weight excluding hydrogens is 148 g/mol. The summed E-state index contributed by atoms with van der Waals surface area (Å²) in [6.07, 6.45) is 10.4. The Labute approximate surface area is 75.2 Å². The Bertz CT molecular complexity index is 156. The molecular formula is C11H18O. The zero-order valence-corrected chi connectivity index (χ0v) is 7.88. The highest BCUT2D eigenvalue weighted by Gasteiger charge is 1.95. The van der Waals surface area contributed by atoms with E-state index in [4.69, 9.17) is 0 Å². The van der Waals surface area contributed by atoms with E-state index in [-0.39, 0.29) is 0 Å². The summed E-state index contributed by atoms with van der Waals surface area (Å²) in [5.41, 5.74) is 0. The first-order valence-electron chi connectivity index (χ1n) is 4.60. The van der Waals surface area contributed by atoms with Gasteiger partial charge in [0.2, 0.25) is 0 Å². The molecule has 0 spiro atoms. The van der Waals surface area contributed by atoms with Crippen LogP contribution in [0.3, 0.4) is 0 Å². The molecule has 0 unspecified atom stereocenters. The van der Waals surface area contributed by atoms with Gasteiger partial charge >= 0.3 is 0 Å². The van der Waals surface area contributed by atoms with E-state index in [0.29, 0.717) is 12.2 Å². The molecule has 0 saturated heterocycles. The highest BCUT2D eigenvalue weighted by atomic mass is 16.1. The fraction of sp³-hybridized carbons (Fsp3) is 0.545. The van der Waals surface area contributed by atoms with E-state index in [1.54, 1.807) is 6.08 Å². The minimum atomic E-state index is 0.378. The molecule has 0 amide bonds. The number of rotatable bonds is 7. The number of carbonyl (C=O) groups is 1. The van der Waals surface area contributed by atoms with Crippen molar-refractivity contribution >= 4 is 5.78 Å². The van der Waals surface area contributed by atoms with Crippen LogP contribution < -0.4 is 0 Å². The van der Waals surface area contributed by atoms with Crippen LogP contribution in [0.4, 0.5) is 0 Å².